The van der Waals surface area contributed by atoms with Crippen molar-refractivity contribution >= 4 is 11.9 Å². The van der Waals surface area contributed by atoms with Gasteiger partial charge in [0.15, 0.2) is 5.82 Å². The molecule has 3 aromatic rings. The molecule has 7 heteroatoms. The van der Waals surface area contributed by atoms with Crippen LogP contribution in [-0.4, -0.2) is 26.4 Å². The Morgan fingerprint density at radius 3 is 2.61 bits per heavy atom. The summed E-state index contributed by atoms with van der Waals surface area (Å²) in [4.78, 5) is 0. The van der Waals surface area contributed by atoms with Gasteiger partial charge in [-0.15, -0.1) is 5.10 Å². The summed E-state index contributed by atoms with van der Waals surface area (Å²) in [6.07, 6.45) is 2.13. The molecule has 0 aliphatic rings. The quantitative estimate of drug-likeness (QED) is 0.581. The second kappa shape index (κ2) is 6.78. The van der Waals surface area contributed by atoms with Crippen molar-refractivity contribution in [3.63, 3.8) is 0 Å². The highest BCUT2D eigenvalue weighted by Crippen LogP contribution is 2.10. The SMILES string of the molecule is Cc1ccc(-n2nnnc2C/C=N\Nc2ccc(F)cc2)cc1. The molecule has 23 heavy (non-hydrogen) atoms. The third-order valence-corrected chi connectivity index (χ3v) is 3.22. The molecule has 0 aliphatic carbocycles. The molecule has 3 rings (SSSR count). The van der Waals surface area contributed by atoms with Gasteiger partial charge in [0, 0.05) is 12.6 Å². The molecule has 0 saturated heterocycles. The van der Waals surface area contributed by atoms with Crippen LogP contribution in [0.2, 0.25) is 0 Å². The number of halogens is 1. The Balaban J connectivity index is 1.65. The minimum atomic E-state index is -0.281. The average molecular weight is 310 g/mol. The van der Waals surface area contributed by atoms with E-state index >= 15 is 0 Å². The third-order valence-electron chi connectivity index (χ3n) is 3.22. The molecular weight excluding hydrogens is 295 g/mol. The molecule has 0 saturated carbocycles. The zero-order valence-corrected chi connectivity index (χ0v) is 12.5. The van der Waals surface area contributed by atoms with Crippen LogP contribution in [-0.2, 0) is 6.42 Å². The van der Waals surface area contributed by atoms with E-state index < -0.39 is 0 Å². The van der Waals surface area contributed by atoms with Gasteiger partial charge in [-0.05, 0) is 53.7 Å². The summed E-state index contributed by atoms with van der Waals surface area (Å²) >= 11 is 0. The second-order valence-electron chi connectivity index (χ2n) is 4.98. The van der Waals surface area contributed by atoms with Gasteiger partial charge in [0.2, 0.25) is 0 Å². The van der Waals surface area contributed by atoms with E-state index in [0.717, 1.165) is 5.69 Å². The summed E-state index contributed by atoms with van der Waals surface area (Å²) in [6, 6.07) is 13.9. The van der Waals surface area contributed by atoms with Crippen LogP contribution in [0.5, 0.6) is 0 Å². The normalized spacial score (nSPS) is 11.0. The number of hydrogen-bond donors (Lipinski definition) is 1. The molecule has 6 nitrogen and oxygen atoms in total. The van der Waals surface area contributed by atoms with Crippen LogP contribution in [0.1, 0.15) is 11.4 Å². The Morgan fingerprint density at radius 2 is 1.87 bits per heavy atom. The van der Waals surface area contributed by atoms with Crippen molar-refractivity contribution in [1.29, 1.82) is 0 Å². The van der Waals surface area contributed by atoms with Gasteiger partial charge in [-0.25, -0.2) is 4.39 Å². The second-order valence-corrected chi connectivity index (χ2v) is 4.98. The molecule has 116 valence electrons. The molecule has 2 aromatic carbocycles. The topological polar surface area (TPSA) is 68.0 Å². The van der Waals surface area contributed by atoms with Gasteiger partial charge in [-0.2, -0.15) is 9.78 Å². The fourth-order valence-corrected chi connectivity index (χ4v) is 1.99. The van der Waals surface area contributed by atoms with E-state index in [9.17, 15) is 4.39 Å². The number of hydrogen-bond acceptors (Lipinski definition) is 5. The Labute approximate surface area is 132 Å². The lowest BCUT2D eigenvalue weighted by molar-refractivity contribution is 0.628. The van der Waals surface area contributed by atoms with Crippen LogP contribution in [0.3, 0.4) is 0 Å². The molecule has 0 bridgehead atoms. The Morgan fingerprint density at radius 1 is 1.13 bits per heavy atom. The van der Waals surface area contributed by atoms with E-state index in [2.05, 4.69) is 26.1 Å². The summed E-state index contributed by atoms with van der Waals surface area (Å²) in [5.74, 6) is 0.398. The molecule has 0 amide bonds. The molecule has 0 radical (unpaired) electrons. The number of benzene rings is 2. The average Bonchev–Trinajstić information content (AvgIpc) is 3.02. The minimum Gasteiger partial charge on any atom is -0.279 e. The van der Waals surface area contributed by atoms with Gasteiger partial charge in [0.1, 0.15) is 5.82 Å². The first-order valence-electron chi connectivity index (χ1n) is 7.10. The largest absolute Gasteiger partial charge is 0.279 e. The number of hydrazone groups is 1. The summed E-state index contributed by atoms with van der Waals surface area (Å²) in [5, 5.41) is 15.8. The van der Waals surface area contributed by atoms with E-state index in [1.54, 1.807) is 23.0 Å². The lowest BCUT2D eigenvalue weighted by Gasteiger charge is -2.03. The predicted molar refractivity (Wildman–Crippen MR) is 86.1 cm³/mol. The van der Waals surface area contributed by atoms with Gasteiger partial charge < -0.3 is 0 Å². The molecule has 0 aliphatic heterocycles. The molecule has 1 heterocycles. The number of anilines is 1. The van der Waals surface area contributed by atoms with Gasteiger partial charge >= 0.3 is 0 Å². The first kappa shape index (κ1) is 14.8. The van der Waals surface area contributed by atoms with E-state index in [0.29, 0.717) is 17.9 Å². The monoisotopic (exact) mass is 310 g/mol. The van der Waals surface area contributed by atoms with Crippen molar-refractivity contribution in [1.82, 2.24) is 20.2 Å². The van der Waals surface area contributed by atoms with Gasteiger partial charge in [-0.3, -0.25) is 5.43 Å². The van der Waals surface area contributed by atoms with Crippen molar-refractivity contribution in [3.8, 4) is 5.69 Å². The van der Waals surface area contributed by atoms with Gasteiger partial charge in [-0.1, -0.05) is 17.7 Å². The lowest BCUT2D eigenvalue weighted by Crippen LogP contribution is -2.04. The molecular formula is C16H15FN6. The smallest absolute Gasteiger partial charge is 0.162 e. The highest BCUT2D eigenvalue weighted by molar-refractivity contribution is 5.62. The lowest BCUT2D eigenvalue weighted by atomic mass is 10.2. The Hall–Kier alpha value is -3.09. The number of nitrogens with one attached hydrogen (secondary N) is 1. The van der Waals surface area contributed by atoms with Crippen molar-refractivity contribution in [2.45, 2.75) is 13.3 Å². The van der Waals surface area contributed by atoms with Crippen LogP contribution in [0.15, 0.2) is 53.6 Å². The number of nitrogens with zero attached hydrogens (tertiary/aromatic N) is 5. The fraction of sp³-hybridized carbons (Fsp3) is 0.125. The Bertz CT molecular complexity index is 792. The van der Waals surface area contributed by atoms with E-state index in [1.165, 1.54) is 17.7 Å². The number of rotatable bonds is 5. The van der Waals surface area contributed by atoms with Crippen LogP contribution < -0.4 is 5.43 Å². The molecule has 0 fully saturated rings. The maximum Gasteiger partial charge on any atom is 0.162 e. The van der Waals surface area contributed by atoms with Crippen molar-refractivity contribution in [2.75, 3.05) is 5.43 Å². The molecule has 0 spiro atoms. The molecule has 0 unspecified atom stereocenters. The van der Waals surface area contributed by atoms with Gasteiger partial charge in [0.05, 0.1) is 11.4 Å². The molecule has 1 aromatic heterocycles. The van der Waals surface area contributed by atoms with Crippen LogP contribution in [0.25, 0.3) is 5.69 Å². The molecule has 0 atom stereocenters. The van der Waals surface area contributed by atoms with Crippen molar-refractivity contribution in [2.24, 2.45) is 5.10 Å². The maximum absolute atomic E-state index is 12.8. The zero-order chi connectivity index (χ0) is 16.1. The third kappa shape index (κ3) is 3.76. The zero-order valence-electron chi connectivity index (χ0n) is 12.5. The number of tetrazole rings is 1. The Kier molecular flexibility index (Phi) is 4.37. The summed E-state index contributed by atoms with van der Waals surface area (Å²) in [6.45, 7) is 2.03. The predicted octanol–water partition coefficient (Wildman–Crippen LogP) is 2.75. The fourth-order valence-electron chi connectivity index (χ4n) is 1.99. The van der Waals surface area contributed by atoms with E-state index in [1.807, 2.05) is 31.2 Å². The van der Waals surface area contributed by atoms with E-state index in [-0.39, 0.29) is 5.82 Å². The first-order valence-corrected chi connectivity index (χ1v) is 7.10. The van der Waals surface area contributed by atoms with Gasteiger partial charge in [0.25, 0.3) is 0 Å². The number of aryl methyl sites for hydroxylation is 1. The maximum atomic E-state index is 12.8. The number of aromatic nitrogens is 4. The standard InChI is InChI=1S/C16H15FN6/c1-12-2-8-15(9-3-12)23-16(20-21-22-23)10-11-18-19-14-6-4-13(17)5-7-14/h2-9,11,19H,10H2,1H3/b18-11-. The van der Waals surface area contributed by atoms with Crippen LogP contribution in [0, 0.1) is 12.7 Å². The van der Waals surface area contributed by atoms with Crippen molar-refractivity contribution < 1.29 is 4.39 Å². The molecule has 1 N–H and O–H groups in total. The first-order chi connectivity index (χ1) is 11.2. The highest BCUT2D eigenvalue weighted by Gasteiger charge is 2.06. The highest BCUT2D eigenvalue weighted by atomic mass is 19.1. The van der Waals surface area contributed by atoms with Crippen LogP contribution >= 0.6 is 0 Å². The minimum absolute atomic E-state index is 0.281. The van der Waals surface area contributed by atoms with Crippen molar-refractivity contribution in [3.05, 3.63) is 65.7 Å². The summed E-state index contributed by atoms with van der Waals surface area (Å²) in [5.41, 5.74) is 5.61. The van der Waals surface area contributed by atoms with Crippen LogP contribution in [0.4, 0.5) is 10.1 Å². The summed E-state index contributed by atoms with van der Waals surface area (Å²) < 4.78 is 14.5. The summed E-state index contributed by atoms with van der Waals surface area (Å²) in [7, 11) is 0. The van der Waals surface area contributed by atoms with E-state index in [4.69, 9.17) is 0 Å².